The van der Waals surface area contributed by atoms with Crippen molar-refractivity contribution in [3.8, 4) is 5.75 Å². The van der Waals surface area contributed by atoms with Crippen molar-refractivity contribution in [2.24, 2.45) is 0 Å². The molecule has 5 nitrogen and oxygen atoms in total. The van der Waals surface area contributed by atoms with Crippen molar-refractivity contribution in [1.29, 1.82) is 0 Å². The minimum absolute atomic E-state index is 0.0183. The predicted molar refractivity (Wildman–Crippen MR) is 66.0 cm³/mol. The van der Waals surface area contributed by atoms with Crippen molar-refractivity contribution in [1.82, 2.24) is 4.31 Å². The van der Waals surface area contributed by atoms with Crippen LogP contribution >= 0.6 is 0 Å². The number of rotatable bonds is 4. The molecule has 1 heterocycles. The summed E-state index contributed by atoms with van der Waals surface area (Å²) in [5, 5.41) is 0. The summed E-state index contributed by atoms with van der Waals surface area (Å²) in [6, 6.07) is 6.24. The number of carbonyl (C=O) groups is 1. The Morgan fingerprint density at radius 1 is 1.28 bits per heavy atom. The number of ether oxygens (including phenoxy) is 1. The van der Waals surface area contributed by atoms with Crippen molar-refractivity contribution in [3.63, 3.8) is 0 Å². The lowest BCUT2D eigenvalue weighted by Crippen LogP contribution is -2.28. The number of hydrogen-bond acceptors (Lipinski definition) is 4. The Balaban J connectivity index is 2.22. The van der Waals surface area contributed by atoms with E-state index in [1.807, 2.05) is 6.92 Å². The summed E-state index contributed by atoms with van der Waals surface area (Å²) >= 11 is 0. The third-order valence-corrected chi connectivity index (χ3v) is 4.62. The van der Waals surface area contributed by atoms with Gasteiger partial charge in [-0.05, 0) is 31.2 Å². The van der Waals surface area contributed by atoms with Crippen molar-refractivity contribution in [2.75, 3.05) is 19.7 Å². The van der Waals surface area contributed by atoms with Crippen LogP contribution in [0.25, 0.3) is 0 Å². The predicted octanol–water partition coefficient (Wildman–Crippen LogP) is 1.05. The zero-order chi connectivity index (χ0) is 13.2. The number of hydrogen-bond donors (Lipinski definition) is 0. The Morgan fingerprint density at radius 3 is 2.44 bits per heavy atom. The first-order chi connectivity index (χ1) is 8.54. The van der Waals surface area contributed by atoms with Crippen molar-refractivity contribution < 1.29 is 17.9 Å². The third-order valence-electron chi connectivity index (χ3n) is 2.77. The van der Waals surface area contributed by atoms with Crippen molar-refractivity contribution >= 4 is 15.8 Å². The lowest BCUT2D eigenvalue weighted by atomic mass is 10.3. The number of benzene rings is 1. The second kappa shape index (κ2) is 5.07. The van der Waals surface area contributed by atoms with Gasteiger partial charge in [0.25, 0.3) is 0 Å². The van der Waals surface area contributed by atoms with Gasteiger partial charge in [-0.1, -0.05) is 0 Å². The van der Waals surface area contributed by atoms with Gasteiger partial charge >= 0.3 is 0 Å². The molecule has 0 unspecified atom stereocenters. The van der Waals surface area contributed by atoms with Crippen LogP contribution in [-0.4, -0.2) is 38.2 Å². The van der Waals surface area contributed by atoms with Gasteiger partial charge in [0.2, 0.25) is 10.0 Å². The Hall–Kier alpha value is -1.40. The van der Waals surface area contributed by atoms with E-state index < -0.39 is 10.0 Å². The normalized spacial score (nSPS) is 17.1. The number of nitrogens with zero attached hydrogens (tertiary/aromatic N) is 1. The Bertz CT molecular complexity index is 536. The molecule has 1 aliphatic rings. The molecule has 1 aliphatic heterocycles. The monoisotopic (exact) mass is 269 g/mol. The molecule has 0 saturated carbocycles. The summed E-state index contributed by atoms with van der Waals surface area (Å²) < 4.78 is 30.8. The maximum atomic E-state index is 12.2. The molecule has 1 aromatic rings. The average Bonchev–Trinajstić information content (AvgIpc) is 2.78. The van der Waals surface area contributed by atoms with E-state index >= 15 is 0 Å². The quantitative estimate of drug-likeness (QED) is 0.819. The molecule has 98 valence electrons. The van der Waals surface area contributed by atoms with Crippen LogP contribution in [0.15, 0.2) is 29.2 Å². The largest absolute Gasteiger partial charge is 0.494 e. The molecule has 0 amide bonds. The summed E-state index contributed by atoms with van der Waals surface area (Å²) in [5.41, 5.74) is 0. The van der Waals surface area contributed by atoms with E-state index in [4.69, 9.17) is 4.74 Å². The molecular formula is C12H15NO4S. The molecule has 1 saturated heterocycles. The first-order valence-corrected chi connectivity index (χ1v) is 7.23. The van der Waals surface area contributed by atoms with Crippen LogP contribution in [0.2, 0.25) is 0 Å². The van der Waals surface area contributed by atoms with E-state index in [-0.39, 0.29) is 23.8 Å². The van der Waals surface area contributed by atoms with Gasteiger partial charge in [-0.2, -0.15) is 4.31 Å². The maximum Gasteiger partial charge on any atom is 0.243 e. The number of Topliss-reactive ketones (excluding diaryl/α,β-unsaturated/α-hetero) is 1. The van der Waals surface area contributed by atoms with Crippen molar-refractivity contribution in [3.05, 3.63) is 24.3 Å². The first kappa shape index (κ1) is 13.0. The summed E-state index contributed by atoms with van der Waals surface area (Å²) in [6.45, 7) is 2.65. The van der Waals surface area contributed by atoms with Gasteiger partial charge < -0.3 is 4.74 Å². The molecular weight excluding hydrogens is 254 g/mol. The van der Waals surface area contributed by atoms with E-state index in [0.717, 1.165) is 0 Å². The van der Waals surface area contributed by atoms with Gasteiger partial charge in [-0.25, -0.2) is 8.42 Å². The van der Waals surface area contributed by atoms with E-state index in [0.29, 0.717) is 18.8 Å². The fourth-order valence-electron chi connectivity index (χ4n) is 1.83. The summed E-state index contributed by atoms with van der Waals surface area (Å²) in [5.74, 6) is 0.596. The van der Waals surface area contributed by atoms with Gasteiger partial charge in [0.05, 0.1) is 18.0 Å². The van der Waals surface area contributed by atoms with Crippen LogP contribution in [-0.2, 0) is 14.8 Å². The van der Waals surface area contributed by atoms with E-state index in [1.54, 1.807) is 12.1 Å². The molecule has 0 N–H and O–H groups in total. The van der Waals surface area contributed by atoms with Crippen molar-refractivity contribution in [2.45, 2.75) is 18.2 Å². The van der Waals surface area contributed by atoms with Gasteiger partial charge in [0.15, 0.2) is 0 Å². The molecule has 0 spiro atoms. The Morgan fingerprint density at radius 2 is 1.94 bits per heavy atom. The topological polar surface area (TPSA) is 63.7 Å². The number of carbonyl (C=O) groups excluding carboxylic acids is 1. The maximum absolute atomic E-state index is 12.2. The fraction of sp³-hybridized carbons (Fsp3) is 0.417. The van der Waals surface area contributed by atoms with Crippen LogP contribution in [0.4, 0.5) is 0 Å². The lowest BCUT2D eigenvalue weighted by Gasteiger charge is -2.14. The Kier molecular flexibility index (Phi) is 3.68. The zero-order valence-electron chi connectivity index (χ0n) is 10.1. The standard InChI is InChI=1S/C12H15NO4S/c1-2-17-11-3-5-12(6-4-11)18(15,16)13-8-7-10(14)9-13/h3-6H,2,7-9H2,1H3. The molecule has 6 heteroatoms. The molecule has 0 atom stereocenters. The van der Waals surface area contributed by atoms with Crippen LogP contribution in [0.1, 0.15) is 13.3 Å². The third kappa shape index (κ3) is 2.54. The fourth-order valence-corrected chi connectivity index (χ4v) is 3.26. The zero-order valence-corrected chi connectivity index (χ0v) is 10.9. The first-order valence-electron chi connectivity index (χ1n) is 5.78. The SMILES string of the molecule is CCOc1ccc(S(=O)(=O)N2CCC(=O)C2)cc1. The smallest absolute Gasteiger partial charge is 0.243 e. The van der Waals surface area contributed by atoms with E-state index in [9.17, 15) is 13.2 Å². The van der Waals surface area contributed by atoms with Crippen LogP contribution < -0.4 is 4.74 Å². The van der Waals surface area contributed by atoms with Gasteiger partial charge in [-0.3, -0.25) is 4.79 Å². The second-order valence-corrected chi connectivity index (χ2v) is 5.97. The van der Waals surface area contributed by atoms with Crippen LogP contribution in [0.5, 0.6) is 5.75 Å². The molecule has 1 fully saturated rings. The van der Waals surface area contributed by atoms with Crippen LogP contribution in [0, 0.1) is 0 Å². The van der Waals surface area contributed by atoms with Crippen LogP contribution in [0.3, 0.4) is 0 Å². The summed E-state index contributed by atoms with van der Waals surface area (Å²) in [6.07, 6.45) is 0.302. The lowest BCUT2D eigenvalue weighted by molar-refractivity contribution is -0.116. The molecule has 2 rings (SSSR count). The minimum atomic E-state index is -3.55. The minimum Gasteiger partial charge on any atom is -0.494 e. The highest BCUT2D eigenvalue weighted by Gasteiger charge is 2.31. The summed E-state index contributed by atoms with van der Waals surface area (Å²) in [7, 11) is -3.55. The molecule has 1 aromatic carbocycles. The second-order valence-electron chi connectivity index (χ2n) is 4.03. The number of sulfonamides is 1. The highest BCUT2D eigenvalue weighted by atomic mass is 32.2. The van der Waals surface area contributed by atoms with Gasteiger partial charge in [-0.15, -0.1) is 0 Å². The summed E-state index contributed by atoms with van der Waals surface area (Å²) in [4.78, 5) is 11.3. The average molecular weight is 269 g/mol. The molecule has 18 heavy (non-hydrogen) atoms. The Labute approximate surface area is 106 Å². The number of ketones is 1. The van der Waals surface area contributed by atoms with Gasteiger partial charge in [0.1, 0.15) is 11.5 Å². The van der Waals surface area contributed by atoms with E-state index in [1.165, 1.54) is 16.4 Å². The van der Waals surface area contributed by atoms with E-state index in [2.05, 4.69) is 0 Å². The highest BCUT2D eigenvalue weighted by molar-refractivity contribution is 7.89. The molecule has 0 aliphatic carbocycles. The van der Waals surface area contributed by atoms with Gasteiger partial charge in [0, 0.05) is 13.0 Å². The molecule has 0 aromatic heterocycles. The molecule has 0 bridgehead atoms. The molecule has 0 radical (unpaired) electrons. The highest BCUT2D eigenvalue weighted by Crippen LogP contribution is 2.21.